The number of benzene rings is 1. The molecule has 1 fully saturated rings. The molecule has 1 aliphatic rings. The molecule has 0 spiro atoms. The van der Waals surface area contributed by atoms with E-state index in [-0.39, 0.29) is 18.1 Å². The number of hydrazone groups is 1. The molecule has 0 atom stereocenters. The number of likely N-dealkylation sites (N-methyl/N-ethyl adjacent to an activating group) is 1. The lowest BCUT2D eigenvalue weighted by atomic mass is 10.2. The van der Waals surface area contributed by atoms with Crippen LogP contribution in [-0.4, -0.2) is 61.4 Å². The number of carbonyl (C=O) groups is 1. The zero-order chi connectivity index (χ0) is 18.4. The second kappa shape index (κ2) is 8.19. The Hall–Kier alpha value is -2.29. The average molecular weight is 358 g/mol. The Bertz CT molecular complexity index is 626. The number of hydrogen-bond donors (Lipinski definition) is 1. The lowest BCUT2D eigenvalue weighted by Crippen LogP contribution is -2.50. The van der Waals surface area contributed by atoms with Crippen LogP contribution in [0.1, 0.15) is 12.5 Å². The van der Waals surface area contributed by atoms with Crippen LogP contribution in [0.15, 0.2) is 29.4 Å². The molecule has 6 nitrogen and oxygen atoms in total. The van der Waals surface area contributed by atoms with E-state index in [1.807, 2.05) is 7.05 Å². The second-order valence-corrected chi connectivity index (χ2v) is 5.64. The summed E-state index contributed by atoms with van der Waals surface area (Å²) in [6.07, 6.45) is -4.44. The minimum Gasteiger partial charge on any atom is -0.460 e. The summed E-state index contributed by atoms with van der Waals surface area (Å²) in [4.78, 5) is 16.0. The van der Waals surface area contributed by atoms with Crippen LogP contribution in [0.5, 0.6) is 0 Å². The fourth-order valence-electron chi connectivity index (χ4n) is 2.34. The van der Waals surface area contributed by atoms with Gasteiger partial charge in [0.25, 0.3) is 0 Å². The number of anilines is 1. The van der Waals surface area contributed by atoms with Gasteiger partial charge in [-0.2, -0.15) is 13.2 Å². The van der Waals surface area contributed by atoms with E-state index < -0.39 is 17.7 Å². The number of esters is 1. The first-order valence-electron chi connectivity index (χ1n) is 7.93. The van der Waals surface area contributed by atoms with E-state index in [9.17, 15) is 18.0 Å². The van der Waals surface area contributed by atoms with Gasteiger partial charge in [-0.25, -0.2) is 4.79 Å². The predicted octanol–water partition coefficient (Wildman–Crippen LogP) is 2.24. The van der Waals surface area contributed by atoms with Crippen molar-refractivity contribution in [3.8, 4) is 0 Å². The standard InChI is InChI=1S/C16H21F3N4O2/c1-3-25-15(24)14(23-9-7-22(2)8-10-23)21-20-13-6-4-5-12(11-13)16(17,18)19/h4-6,11,20H,3,7-10H2,1-2H3/b21-14+. The van der Waals surface area contributed by atoms with Gasteiger partial charge < -0.3 is 14.5 Å². The van der Waals surface area contributed by atoms with E-state index in [1.54, 1.807) is 11.8 Å². The highest BCUT2D eigenvalue weighted by Crippen LogP contribution is 2.30. The van der Waals surface area contributed by atoms with Crippen LogP contribution in [0, 0.1) is 0 Å². The van der Waals surface area contributed by atoms with Gasteiger partial charge in [0.05, 0.1) is 17.9 Å². The molecule has 0 amide bonds. The van der Waals surface area contributed by atoms with Crippen molar-refractivity contribution in [2.24, 2.45) is 5.10 Å². The van der Waals surface area contributed by atoms with E-state index in [1.165, 1.54) is 12.1 Å². The topological polar surface area (TPSA) is 57.2 Å². The lowest BCUT2D eigenvalue weighted by Gasteiger charge is -2.33. The van der Waals surface area contributed by atoms with Gasteiger partial charge in [-0.05, 0) is 32.2 Å². The van der Waals surface area contributed by atoms with Gasteiger partial charge >= 0.3 is 12.1 Å². The molecule has 1 aliphatic heterocycles. The minimum atomic E-state index is -4.44. The zero-order valence-electron chi connectivity index (χ0n) is 14.1. The largest absolute Gasteiger partial charge is 0.460 e. The van der Waals surface area contributed by atoms with Gasteiger partial charge in [0.15, 0.2) is 0 Å². The molecule has 0 radical (unpaired) electrons. The second-order valence-electron chi connectivity index (χ2n) is 5.64. The number of carbonyl (C=O) groups excluding carboxylic acids is 1. The maximum absolute atomic E-state index is 12.8. The number of nitrogens with one attached hydrogen (secondary N) is 1. The quantitative estimate of drug-likeness (QED) is 0.389. The number of amidine groups is 1. The van der Waals surface area contributed by atoms with Gasteiger partial charge in [-0.1, -0.05) is 6.07 Å². The average Bonchev–Trinajstić information content (AvgIpc) is 2.56. The van der Waals surface area contributed by atoms with Crippen molar-refractivity contribution in [3.05, 3.63) is 29.8 Å². The van der Waals surface area contributed by atoms with Crippen LogP contribution < -0.4 is 5.43 Å². The molecular weight excluding hydrogens is 337 g/mol. The Kier molecular flexibility index (Phi) is 6.24. The molecule has 0 bridgehead atoms. The molecule has 0 aliphatic carbocycles. The first-order chi connectivity index (χ1) is 11.8. The molecule has 0 unspecified atom stereocenters. The Morgan fingerprint density at radius 3 is 2.56 bits per heavy atom. The Morgan fingerprint density at radius 2 is 1.96 bits per heavy atom. The van der Waals surface area contributed by atoms with Crippen LogP contribution in [0.25, 0.3) is 0 Å². The summed E-state index contributed by atoms with van der Waals surface area (Å²) in [5.74, 6) is -0.543. The summed E-state index contributed by atoms with van der Waals surface area (Å²) < 4.78 is 43.3. The summed E-state index contributed by atoms with van der Waals surface area (Å²) in [6.45, 7) is 4.54. The van der Waals surface area contributed by atoms with Gasteiger partial charge in [0, 0.05) is 26.2 Å². The SMILES string of the molecule is CCOC(=O)/C(=N\Nc1cccc(C(F)(F)F)c1)N1CCN(C)CC1. The first kappa shape index (κ1) is 19.0. The Morgan fingerprint density at radius 1 is 1.28 bits per heavy atom. The van der Waals surface area contributed by atoms with Gasteiger partial charge in [0.2, 0.25) is 5.84 Å². The lowest BCUT2D eigenvalue weighted by molar-refractivity contribution is -0.138. The third-order valence-electron chi connectivity index (χ3n) is 3.74. The van der Waals surface area contributed by atoms with Crippen LogP contribution in [0.4, 0.5) is 18.9 Å². The third kappa shape index (κ3) is 5.35. The van der Waals surface area contributed by atoms with Crippen molar-refractivity contribution in [2.75, 3.05) is 45.3 Å². The molecule has 0 saturated carbocycles. The molecule has 1 aromatic carbocycles. The highest BCUT2D eigenvalue weighted by atomic mass is 19.4. The van der Waals surface area contributed by atoms with E-state index in [2.05, 4.69) is 15.4 Å². The number of nitrogens with zero attached hydrogens (tertiary/aromatic N) is 3. The van der Waals surface area contributed by atoms with Crippen molar-refractivity contribution in [2.45, 2.75) is 13.1 Å². The van der Waals surface area contributed by atoms with Crippen LogP contribution in [0.2, 0.25) is 0 Å². The molecule has 25 heavy (non-hydrogen) atoms. The molecule has 9 heteroatoms. The Labute approximate surface area is 144 Å². The van der Waals surface area contributed by atoms with Crippen molar-refractivity contribution in [1.29, 1.82) is 0 Å². The molecular formula is C16H21F3N4O2. The maximum Gasteiger partial charge on any atom is 0.416 e. The van der Waals surface area contributed by atoms with E-state index in [4.69, 9.17) is 4.74 Å². The summed E-state index contributed by atoms with van der Waals surface area (Å²) in [7, 11) is 1.97. The summed E-state index contributed by atoms with van der Waals surface area (Å²) in [5, 5.41) is 4.02. The number of ether oxygens (including phenoxy) is 1. The zero-order valence-corrected chi connectivity index (χ0v) is 14.1. The van der Waals surface area contributed by atoms with E-state index >= 15 is 0 Å². The van der Waals surface area contributed by atoms with Crippen molar-refractivity contribution in [3.63, 3.8) is 0 Å². The van der Waals surface area contributed by atoms with Crippen LogP contribution in [-0.2, 0) is 15.7 Å². The summed E-state index contributed by atoms with van der Waals surface area (Å²) in [5.41, 5.74) is 1.89. The van der Waals surface area contributed by atoms with Crippen molar-refractivity contribution in [1.82, 2.24) is 9.80 Å². The fraction of sp³-hybridized carbons (Fsp3) is 0.500. The van der Waals surface area contributed by atoms with Crippen molar-refractivity contribution < 1.29 is 22.7 Å². The van der Waals surface area contributed by atoms with Crippen molar-refractivity contribution >= 4 is 17.5 Å². The smallest absolute Gasteiger partial charge is 0.416 e. The number of halogens is 3. The molecule has 1 saturated heterocycles. The summed E-state index contributed by atoms with van der Waals surface area (Å²) >= 11 is 0. The van der Waals surface area contributed by atoms with Gasteiger partial charge in [-0.15, -0.1) is 5.10 Å². The monoisotopic (exact) mass is 358 g/mol. The number of rotatable bonds is 3. The fourth-order valence-corrected chi connectivity index (χ4v) is 2.34. The summed E-state index contributed by atoms with van der Waals surface area (Å²) in [6, 6.07) is 4.64. The number of piperazine rings is 1. The molecule has 138 valence electrons. The van der Waals surface area contributed by atoms with E-state index in [0.717, 1.165) is 25.2 Å². The predicted molar refractivity (Wildman–Crippen MR) is 88.2 cm³/mol. The van der Waals surface area contributed by atoms with Crippen LogP contribution >= 0.6 is 0 Å². The normalized spacial score (nSPS) is 16.7. The van der Waals surface area contributed by atoms with Gasteiger partial charge in [-0.3, -0.25) is 5.43 Å². The highest BCUT2D eigenvalue weighted by molar-refractivity contribution is 6.35. The molecule has 1 aromatic rings. The Balaban J connectivity index is 2.18. The molecule has 1 N–H and O–H groups in total. The molecule has 2 rings (SSSR count). The molecule has 0 aromatic heterocycles. The maximum atomic E-state index is 12.8. The highest BCUT2D eigenvalue weighted by Gasteiger charge is 2.30. The van der Waals surface area contributed by atoms with Crippen LogP contribution in [0.3, 0.4) is 0 Å². The van der Waals surface area contributed by atoms with Gasteiger partial charge in [0.1, 0.15) is 0 Å². The third-order valence-corrected chi connectivity index (χ3v) is 3.74. The molecule has 1 heterocycles. The van der Waals surface area contributed by atoms with E-state index in [0.29, 0.717) is 13.1 Å². The number of hydrogen-bond acceptors (Lipinski definition) is 5. The minimum absolute atomic E-state index is 0.0624. The number of alkyl halides is 3. The first-order valence-corrected chi connectivity index (χ1v) is 7.93.